The normalized spacial score (nSPS) is 10.3. The first kappa shape index (κ1) is 15.7. The van der Waals surface area contributed by atoms with Gasteiger partial charge >= 0.3 is 0 Å². The van der Waals surface area contributed by atoms with E-state index in [1.807, 2.05) is 32.0 Å². The number of benzene rings is 2. The summed E-state index contributed by atoms with van der Waals surface area (Å²) in [6.45, 7) is 3.85. The molecule has 2 rings (SSSR count). The van der Waals surface area contributed by atoms with E-state index in [0.29, 0.717) is 15.8 Å². The third-order valence-electron chi connectivity index (χ3n) is 2.71. The molecule has 3 nitrogen and oxygen atoms in total. The Morgan fingerprint density at radius 2 is 1.57 bits per heavy atom. The number of hydrogen-bond acceptors (Lipinski definition) is 2. The third-order valence-corrected chi connectivity index (χ3v) is 3.15. The Morgan fingerprint density at radius 1 is 1.00 bits per heavy atom. The lowest BCUT2D eigenvalue weighted by atomic mass is 10.1. The van der Waals surface area contributed by atoms with Crippen molar-refractivity contribution in [1.29, 1.82) is 0 Å². The van der Waals surface area contributed by atoms with E-state index in [4.69, 9.17) is 27.9 Å². The molecule has 2 aromatic rings. The molecule has 0 unspecified atom stereocenters. The van der Waals surface area contributed by atoms with Crippen LogP contribution in [0.15, 0.2) is 36.4 Å². The van der Waals surface area contributed by atoms with E-state index in [1.165, 1.54) is 0 Å². The molecular formula is C16H15Cl2NO2. The predicted molar refractivity (Wildman–Crippen MR) is 86.5 cm³/mol. The second-order valence-electron chi connectivity index (χ2n) is 4.82. The first-order valence-electron chi connectivity index (χ1n) is 6.39. The van der Waals surface area contributed by atoms with E-state index >= 15 is 0 Å². The average Bonchev–Trinajstić information content (AvgIpc) is 2.34. The third kappa shape index (κ3) is 4.96. The van der Waals surface area contributed by atoms with Gasteiger partial charge in [0.2, 0.25) is 0 Å². The molecular weight excluding hydrogens is 309 g/mol. The van der Waals surface area contributed by atoms with Gasteiger partial charge in [-0.1, -0.05) is 29.3 Å². The van der Waals surface area contributed by atoms with E-state index in [1.54, 1.807) is 18.2 Å². The van der Waals surface area contributed by atoms with Crippen LogP contribution in [0, 0.1) is 13.8 Å². The smallest absolute Gasteiger partial charge is 0.262 e. The van der Waals surface area contributed by atoms with Gasteiger partial charge in [0.15, 0.2) is 6.61 Å². The largest absolute Gasteiger partial charge is 0.484 e. The molecule has 0 atom stereocenters. The summed E-state index contributed by atoms with van der Waals surface area (Å²) >= 11 is 11.7. The number of aryl methyl sites for hydroxylation is 2. The Kier molecular flexibility index (Phi) is 5.10. The number of carbonyl (C=O) groups is 1. The van der Waals surface area contributed by atoms with Gasteiger partial charge < -0.3 is 10.1 Å². The van der Waals surface area contributed by atoms with Crippen molar-refractivity contribution in [2.24, 2.45) is 0 Å². The van der Waals surface area contributed by atoms with Crippen molar-refractivity contribution in [3.63, 3.8) is 0 Å². The fraction of sp³-hybridized carbons (Fsp3) is 0.188. The number of nitrogens with one attached hydrogen (secondary N) is 1. The van der Waals surface area contributed by atoms with Crippen LogP contribution in [0.4, 0.5) is 5.69 Å². The maximum absolute atomic E-state index is 11.9. The van der Waals surface area contributed by atoms with Crippen LogP contribution in [0.3, 0.4) is 0 Å². The van der Waals surface area contributed by atoms with E-state index in [9.17, 15) is 4.79 Å². The topological polar surface area (TPSA) is 38.3 Å². The average molecular weight is 324 g/mol. The molecule has 0 aliphatic heterocycles. The fourth-order valence-corrected chi connectivity index (χ4v) is 2.51. The highest BCUT2D eigenvalue weighted by molar-refractivity contribution is 6.34. The van der Waals surface area contributed by atoms with Crippen LogP contribution in [0.1, 0.15) is 11.1 Å². The van der Waals surface area contributed by atoms with Crippen LogP contribution in [-0.2, 0) is 4.79 Å². The van der Waals surface area contributed by atoms with Crippen LogP contribution in [0.5, 0.6) is 5.75 Å². The van der Waals surface area contributed by atoms with Gasteiger partial charge in [-0.05, 0) is 55.3 Å². The quantitative estimate of drug-likeness (QED) is 0.890. The van der Waals surface area contributed by atoms with Crippen molar-refractivity contribution >= 4 is 34.8 Å². The zero-order chi connectivity index (χ0) is 15.4. The van der Waals surface area contributed by atoms with Gasteiger partial charge in [-0.15, -0.1) is 0 Å². The highest BCUT2D eigenvalue weighted by atomic mass is 35.5. The molecule has 0 aliphatic rings. The Labute approximate surface area is 133 Å². The van der Waals surface area contributed by atoms with Crippen molar-refractivity contribution in [2.75, 3.05) is 11.9 Å². The van der Waals surface area contributed by atoms with Gasteiger partial charge in [-0.2, -0.15) is 0 Å². The lowest BCUT2D eigenvalue weighted by molar-refractivity contribution is -0.118. The van der Waals surface area contributed by atoms with Crippen LogP contribution in [0.2, 0.25) is 10.0 Å². The molecule has 0 radical (unpaired) electrons. The maximum Gasteiger partial charge on any atom is 0.262 e. The Balaban J connectivity index is 1.95. The molecule has 110 valence electrons. The first-order chi connectivity index (χ1) is 9.92. The number of hydrogen-bond donors (Lipinski definition) is 1. The summed E-state index contributed by atoms with van der Waals surface area (Å²) in [5.74, 6) is 0.221. The minimum Gasteiger partial charge on any atom is -0.484 e. The molecule has 0 saturated heterocycles. The van der Waals surface area contributed by atoms with Gasteiger partial charge in [-0.25, -0.2) is 0 Å². The van der Waals surface area contributed by atoms with Crippen LogP contribution < -0.4 is 10.1 Å². The second kappa shape index (κ2) is 6.83. The van der Waals surface area contributed by atoms with Crippen molar-refractivity contribution in [3.05, 3.63) is 57.6 Å². The molecule has 2 aromatic carbocycles. The van der Waals surface area contributed by atoms with Crippen LogP contribution in [-0.4, -0.2) is 12.5 Å². The predicted octanol–water partition coefficient (Wildman–Crippen LogP) is 4.63. The fourth-order valence-electron chi connectivity index (χ4n) is 2.00. The van der Waals surface area contributed by atoms with Crippen molar-refractivity contribution < 1.29 is 9.53 Å². The van der Waals surface area contributed by atoms with Gasteiger partial charge in [0.1, 0.15) is 5.75 Å². The Morgan fingerprint density at radius 3 is 2.14 bits per heavy atom. The minimum atomic E-state index is -0.240. The number of amides is 1. The zero-order valence-electron chi connectivity index (χ0n) is 11.7. The highest BCUT2D eigenvalue weighted by Crippen LogP contribution is 2.24. The van der Waals surface area contributed by atoms with Crippen molar-refractivity contribution in [2.45, 2.75) is 13.8 Å². The summed E-state index contributed by atoms with van der Waals surface area (Å²) < 4.78 is 5.38. The summed E-state index contributed by atoms with van der Waals surface area (Å²) in [5.41, 5.74) is 2.94. The maximum atomic E-state index is 11.9. The summed E-state index contributed by atoms with van der Waals surface area (Å²) in [6, 6.07) is 10.7. The first-order valence-corrected chi connectivity index (χ1v) is 7.15. The second-order valence-corrected chi connectivity index (χ2v) is 5.69. The summed E-state index contributed by atoms with van der Waals surface area (Å²) in [7, 11) is 0. The standard InChI is InChI=1S/C16H15Cl2NO2/c1-10-3-11(2)5-14(4-10)19-16(20)9-21-15-7-12(17)6-13(18)8-15/h3-8H,9H2,1-2H3,(H,19,20). The number of anilines is 1. The number of ether oxygens (including phenoxy) is 1. The number of carbonyl (C=O) groups excluding carboxylic acids is 1. The zero-order valence-corrected chi connectivity index (χ0v) is 13.3. The summed E-state index contributed by atoms with van der Waals surface area (Å²) in [5, 5.41) is 3.72. The molecule has 0 spiro atoms. The molecule has 0 heterocycles. The molecule has 0 aromatic heterocycles. The molecule has 1 N–H and O–H groups in total. The van der Waals surface area contributed by atoms with Gasteiger partial charge in [0, 0.05) is 15.7 Å². The number of rotatable bonds is 4. The minimum absolute atomic E-state index is 0.107. The van der Waals surface area contributed by atoms with Crippen LogP contribution >= 0.6 is 23.2 Å². The molecule has 0 fully saturated rings. The monoisotopic (exact) mass is 323 g/mol. The van der Waals surface area contributed by atoms with E-state index in [2.05, 4.69) is 5.32 Å². The van der Waals surface area contributed by atoms with Crippen molar-refractivity contribution in [3.8, 4) is 5.75 Å². The van der Waals surface area contributed by atoms with Crippen molar-refractivity contribution in [1.82, 2.24) is 0 Å². The number of halogens is 2. The van der Waals surface area contributed by atoms with E-state index in [0.717, 1.165) is 16.8 Å². The highest BCUT2D eigenvalue weighted by Gasteiger charge is 2.06. The Hall–Kier alpha value is -1.71. The molecule has 0 aliphatic carbocycles. The molecule has 5 heteroatoms. The summed E-state index contributed by atoms with van der Waals surface area (Å²) in [4.78, 5) is 11.9. The molecule has 21 heavy (non-hydrogen) atoms. The lowest BCUT2D eigenvalue weighted by Crippen LogP contribution is -2.20. The lowest BCUT2D eigenvalue weighted by Gasteiger charge is -2.09. The summed E-state index contributed by atoms with van der Waals surface area (Å²) in [6.07, 6.45) is 0. The van der Waals surface area contributed by atoms with Gasteiger partial charge in [-0.3, -0.25) is 4.79 Å². The van der Waals surface area contributed by atoms with Crippen LogP contribution in [0.25, 0.3) is 0 Å². The van der Waals surface area contributed by atoms with Gasteiger partial charge in [0.25, 0.3) is 5.91 Å². The Bertz CT molecular complexity index is 631. The molecule has 1 amide bonds. The van der Waals surface area contributed by atoms with E-state index < -0.39 is 0 Å². The SMILES string of the molecule is Cc1cc(C)cc(NC(=O)COc2cc(Cl)cc(Cl)c2)c1. The van der Waals surface area contributed by atoms with E-state index in [-0.39, 0.29) is 12.5 Å². The van der Waals surface area contributed by atoms with Gasteiger partial charge in [0.05, 0.1) is 0 Å². The molecule has 0 saturated carbocycles. The molecule has 0 bridgehead atoms.